The predicted octanol–water partition coefficient (Wildman–Crippen LogP) is 2.26. The normalized spacial score (nSPS) is 20.8. The molecule has 0 saturated carbocycles. The summed E-state index contributed by atoms with van der Waals surface area (Å²) in [7, 11) is 0. The summed E-state index contributed by atoms with van der Waals surface area (Å²) in [6.07, 6.45) is 1.46. The van der Waals surface area contributed by atoms with Crippen LogP contribution in [0.3, 0.4) is 0 Å². The Morgan fingerprint density at radius 3 is 3.05 bits per heavy atom. The van der Waals surface area contributed by atoms with Crippen molar-refractivity contribution < 1.29 is 9.47 Å². The lowest BCUT2D eigenvalue weighted by molar-refractivity contribution is 0.0372. The second kappa shape index (κ2) is 7.36. The Balaban J connectivity index is 1.91. The summed E-state index contributed by atoms with van der Waals surface area (Å²) >= 11 is 0. The molecule has 0 aromatic heterocycles. The van der Waals surface area contributed by atoms with Crippen molar-refractivity contribution in [3.05, 3.63) is 24.3 Å². The van der Waals surface area contributed by atoms with Gasteiger partial charge in [0.2, 0.25) is 0 Å². The molecular weight excluding hydrogens is 240 g/mol. The SMILES string of the molecule is CCC(C)Oc1ccccc1NCC1CNCCO1. The minimum Gasteiger partial charge on any atom is -0.489 e. The molecule has 1 saturated heterocycles. The van der Waals surface area contributed by atoms with Gasteiger partial charge >= 0.3 is 0 Å². The zero-order chi connectivity index (χ0) is 13.5. The maximum absolute atomic E-state index is 5.92. The van der Waals surface area contributed by atoms with Gasteiger partial charge in [-0.15, -0.1) is 0 Å². The second-order valence-corrected chi connectivity index (χ2v) is 4.91. The number of hydrogen-bond donors (Lipinski definition) is 2. The first-order chi connectivity index (χ1) is 9.29. The van der Waals surface area contributed by atoms with E-state index in [0.29, 0.717) is 0 Å². The second-order valence-electron chi connectivity index (χ2n) is 4.91. The largest absolute Gasteiger partial charge is 0.489 e. The third kappa shape index (κ3) is 4.40. The van der Waals surface area contributed by atoms with Crippen molar-refractivity contribution in [2.45, 2.75) is 32.5 Å². The monoisotopic (exact) mass is 264 g/mol. The van der Waals surface area contributed by atoms with Gasteiger partial charge in [0.15, 0.2) is 0 Å². The number of morpholine rings is 1. The van der Waals surface area contributed by atoms with Gasteiger partial charge < -0.3 is 20.1 Å². The first-order valence-electron chi connectivity index (χ1n) is 7.11. The average Bonchev–Trinajstić information content (AvgIpc) is 2.47. The standard InChI is InChI=1S/C15H24N2O2/c1-3-12(2)19-15-7-5-4-6-14(15)17-11-13-10-16-8-9-18-13/h4-7,12-13,16-17H,3,8-11H2,1-2H3. The maximum Gasteiger partial charge on any atom is 0.142 e. The Kier molecular flexibility index (Phi) is 5.48. The molecule has 1 aliphatic heterocycles. The van der Waals surface area contributed by atoms with Crippen LogP contribution < -0.4 is 15.4 Å². The van der Waals surface area contributed by atoms with Crippen molar-refractivity contribution in [1.82, 2.24) is 5.32 Å². The van der Waals surface area contributed by atoms with Crippen LogP contribution in [-0.2, 0) is 4.74 Å². The van der Waals surface area contributed by atoms with Gasteiger partial charge in [0.05, 0.1) is 24.5 Å². The van der Waals surface area contributed by atoms with Crippen LogP contribution in [0.25, 0.3) is 0 Å². The number of hydrogen-bond acceptors (Lipinski definition) is 4. The molecule has 106 valence electrons. The van der Waals surface area contributed by atoms with E-state index in [1.807, 2.05) is 24.3 Å². The fourth-order valence-electron chi connectivity index (χ4n) is 1.99. The van der Waals surface area contributed by atoms with Gasteiger partial charge in [0.25, 0.3) is 0 Å². The highest BCUT2D eigenvalue weighted by molar-refractivity contribution is 5.56. The minimum atomic E-state index is 0.227. The molecule has 2 atom stereocenters. The molecule has 4 nitrogen and oxygen atoms in total. The Morgan fingerprint density at radius 2 is 2.32 bits per heavy atom. The number of para-hydroxylation sites is 2. The summed E-state index contributed by atoms with van der Waals surface area (Å²) in [6.45, 7) is 7.66. The Hall–Kier alpha value is -1.26. The third-order valence-electron chi connectivity index (χ3n) is 3.31. The number of ether oxygens (including phenoxy) is 2. The van der Waals surface area contributed by atoms with Gasteiger partial charge in [0, 0.05) is 19.6 Å². The quantitative estimate of drug-likeness (QED) is 0.827. The molecule has 0 spiro atoms. The summed E-state index contributed by atoms with van der Waals surface area (Å²) in [5.74, 6) is 0.917. The van der Waals surface area contributed by atoms with E-state index in [-0.39, 0.29) is 12.2 Å². The van der Waals surface area contributed by atoms with E-state index >= 15 is 0 Å². The molecule has 1 aliphatic rings. The van der Waals surface area contributed by atoms with Crippen LogP contribution in [0.5, 0.6) is 5.75 Å². The highest BCUT2D eigenvalue weighted by Gasteiger charge is 2.14. The Morgan fingerprint density at radius 1 is 1.47 bits per heavy atom. The van der Waals surface area contributed by atoms with Crippen molar-refractivity contribution >= 4 is 5.69 Å². The van der Waals surface area contributed by atoms with Crippen molar-refractivity contribution in [2.24, 2.45) is 0 Å². The highest BCUT2D eigenvalue weighted by Crippen LogP contribution is 2.25. The van der Waals surface area contributed by atoms with E-state index < -0.39 is 0 Å². The van der Waals surface area contributed by atoms with Gasteiger partial charge in [0.1, 0.15) is 5.75 Å². The van der Waals surface area contributed by atoms with Gasteiger partial charge in [-0.05, 0) is 25.5 Å². The van der Waals surface area contributed by atoms with Crippen LogP contribution in [0, 0.1) is 0 Å². The fraction of sp³-hybridized carbons (Fsp3) is 0.600. The lowest BCUT2D eigenvalue weighted by Crippen LogP contribution is -2.42. The van der Waals surface area contributed by atoms with E-state index in [2.05, 4.69) is 24.5 Å². The van der Waals surface area contributed by atoms with E-state index in [4.69, 9.17) is 9.47 Å². The summed E-state index contributed by atoms with van der Waals surface area (Å²) in [4.78, 5) is 0. The first kappa shape index (κ1) is 14.2. The third-order valence-corrected chi connectivity index (χ3v) is 3.31. The Bertz CT molecular complexity index is 378. The topological polar surface area (TPSA) is 42.5 Å². The molecule has 2 rings (SSSR count). The van der Waals surface area contributed by atoms with Crippen LogP contribution in [-0.4, -0.2) is 38.4 Å². The van der Waals surface area contributed by atoms with Crippen molar-refractivity contribution in [2.75, 3.05) is 31.6 Å². The van der Waals surface area contributed by atoms with Crippen LogP contribution in [0.2, 0.25) is 0 Å². The van der Waals surface area contributed by atoms with Gasteiger partial charge in [-0.2, -0.15) is 0 Å². The lowest BCUT2D eigenvalue weighted by atomic mass is 10.2. The van der Waals surface area contributed by atoms with Crippen LogP contribution >= 0.6 is 0 Å². The van der Waals surface area contributed by atoms with Crippen molar-refractivity contribution in [1.29, 1.82) is 0 Å². The van der Waals surface area contributed by atoms with Gasteiger partial charge in [-0.1, -0.05) is 19.1 Å². The zero-order valence-electron chi connectivity index (χ0n) is 11.8. The summed E-state index contributed by atoms with van der Waals surface area (Å²) < 4.78 is 11.6. The lowest BCUT2D eigenvalue weighted by Gasteiger charge is -2.25. The average molecular weight is 264 g/mol. The number of nitrogens with one attached hydrogen (secondary N) is 2. The Labute approximate surface area is 115 Å². The van der Waals surface area contributed by atoms with Crippen molar-refractivity contribution in [3.8, 4) is 5.75 Å². The molecular formula is C15H24N2O2. The summed E-state index contributed by atoms with van der Waals surface area (Å²) in [5.41, 5.74) is 1.04. The van der Waals surface area contributed by atoms with E-state index in [1.54, 1.807) is 0 Å². The first-order valence-corrected chi connectivity index (χ1v) is 7.11. The zero-order valence-corrected chi connectivity index (χ0v) is 11.8. The summed E-state index contributed by atoms with van der Waals surface area (Å²) in [6, 6.07) is 8.08. The van der Waals surface area contributed by atoms with Crippen LogP contribution in [0.4, 0.5) is 5.69 Å². The van der Waals surface area contributed by atoms with Gasteiger partial charge in [-0.25, -0.2) is 0 Å². The highest BCUT2D eigenvalue weighted by atomic mass is 16.5. The molecule has 19 heavy (non-hydrogen) atoms. The number of anilines is 1. The molecule has 1 aromatic rings. The molecule has 0 bridgehead atoms. The molecule has 0 aliphatic carbocycles. The van der Waals surface area contributed by atoms with E-state index in [9.17, 15) is 0 Å². The molecule has 2 unspecified atom stereocenters. The van der Waals surface area contributed by atoms with Crippen molar-refractivity contribution in [3.63, 3.8) is 0 Å². The maximum atomic E-state index is 5.92. The smallest absolute Gasteiger partial charge is 0.142 e. The minimum absolute atomic E-state index is 0.227. The molecule has 2 N–H and O–H groups in total. The number of rotatable bonds is 6. The molecule has 1 aromatic carbocycles. The number of benzene rings is 1. The molecule has 1 heterocycles. The molecule has 4 heteroatoms. The molecule has 0 radical (unpaired) electrons. The fourth-order valence-corrected chi connectivity index (χ4v) is 1.99. The van der Waals surface area contributed by atoms with E-state index in [0.717, 1.165) is 44.1 Å². The van der Waals surface area contributed by atoms with E-state index in [1.165, 1.54) is 0 Å². The molecule has 1 fully saturated rings. The summed E-state index contributed by atoms with van der Waals surface area (Å²) in [5, 5.41) is 6.75. The van der Waals surface area contributed by atoms with Crippen LogP contribution in [0.1, 0.15) is 20.3 Å². The van der Waals surface area contributed by atoms with Crippen LogP contribution in [0.15, 0.2) is 24.3 Å². The predicted molar refractivity (Wildman–Crippen MR) is 77.9 cm³/mol. The van der Waals surface area contributed by atoms with Gasteiger partial charge in [-0.3, -0.25) is 0 Å². The molecule has 0 amide bonds.